The standard InChI is InChI=1S/C20H22N4O2/c1-12-22-18-11-24(10-17(18)20(23-12)26-15-4-5-15)19(25)8-14-7-16(14)13-3-2-6-21-9-13/h2-3,6,9,14-16H,4-5,7-8,10-11H2,1H3. The molecule has 2 unspecified atom stereocenters. The molecule has 2 fully saturated rings. The molecule has 2 aromatic rings. The van der Waals surface area contributed by atoms with Crippen LogP contribution < -0.4 is 4.74 Å². The van der Waals surface area contributed by atoms with Crippen molar-refractivity contribution < 1.29 is 9.53 Å². The Labute approximate surface area is 152 Å². The number of hydrogen-bond acceptors (Lipinski definition) is 5. The molecule has 26 heavy (non-hydrogen) atoms. The Morgan fingerprint density at radius 1 is 1.31 bits per heavy atom. The van der Waals surface area contributed by atoms with Gasteiger partial charge < -0.3 is 9.64 Å². The number of hydrogen-bond donors (Lipinski definition) is 0. The second-order valence-electron chi connectivity index (χ2n) is 7.66. The van der Waals surface area contributed by atoms with Crippen LogP contribution in [0.25, 0.3) is 0 Å². The number of ether oxygens (including phenoxy) is 1. The van der Waals surface area contributed by atoms with Crippen molar-refractivity contribution in [2.75, 3.05) is 0 Å². The Morgan fingerprint density at radius 2 is 2.19 bits per heavy atom. The molecule has 2 atom stereocenters. The van der Waals surface area contributed by atoms with E-state index in [1.54, 1.807) is 6.20 Å². The molecule has 3 heterocycles. The molecule has 0 aromatic carbocycles. The smallest absolute Gasteiger partial charge is 0.223 e. The molecule has 6 nitrogen and oxygen atoms in total. The number of amides is 1. The van der Waals surface area contributed by atoms with Gasteiger partial charge in [0.1, 0.15) is 11.9 Å². The zero-order valence-electron chi connectivity index (χ0n) is 14.9. The fraction of sp³-hybridized carbons (Fsp3) is 0.500. The van der Waals surface area contributed by atoms with Crippen LogP contribution >= 0.6 is 0 Å². The molecule has 0 bridgehead atoms. The highest BCUT2D eigenvalue weighted by Crippen LogP contribution is 2.49. The van der Waals surface area contributed by atoms with E-state index in [9.17, 15) is 4.79 Å². The van der Waals surface area contributed by atoms with Crippen molar-refractivity contribution in [2.24, 2.45) is 5.92 Å². The van der Waals surface area contributed by atoms with Gasteiger partial charge in [0.25, 0.3) is 0 Å². The van der Waals surface area contributed by atoms with Crippen LogP contribution in [0.4, 0.5) is 0 Å². The van der Waals surface area contributed by atoms with Crippen LogP contribution in [0, 0.1) is 12.8 Å². The van der Waals surface area contributed by atoms with Gasteiger partial charge in [0.2, 0.25) is 11.8 Å². The number of pyridine rings is 1. The number of fused-ring (bicyclic) bond motifs is 1. The predicted molar refractivity (Wildman–Crippen MR) is 94.4 cm³/mol. The van der Waals surface area contributed by atoms with E-state index in [1.807, 2.05) is 24.1 Å². The summed E-state index contributed by atoms with van der Waals surface area (Å²) < 4.78 is 5.95. The molecule has 1 aliphatic heterocycles. The van der Waals surface area contributed by atoms with E-state index in [2.05, 4.69) is 21.0 Å². The number of aryl methyl sites for hydroxylation is 1. The molecule has 134 valence electrons. The van der Waals surface area contributed by atoms with Crippen molar-refractivity contribution in [3.05, 3.63) is 47.2 Å². The van der Waals surface area contributed by atoms with E-state index in [0.717, 1.165) is 30.5 Å². The van der Waals surface area contributed by atoms with E-state index >= 15 is 0 Å². The molecule has 0 radical (unpaired) electrons. The van der Waals surface area contributed by atoms with Gasteiger partial charge in [-0.2, -0.15) is 4.98 Å². The minimum absolute atomic E-state index is 0.203. The van der Waals surface area contributed by atoms with Crippen LogP contribution in [0.5, 0.6) is 5.88 Å². The Hall–Kier alpha value is -2.50. The summed E-state index contributed by atoms with van der Waals surface area (Å²) in [6.45, 7) is 3.02. The van der Waals surface area contributed by atoms with E-state index in [1.165, 1.54) is 5.56 Å². The average Bonchev–Trinajstić information content (AvgIpc) is 3.55. The van der Waals surface area contributed by atoms with E-state index in [4.69, 9.17) is 4.74 Å². The Kier molecular flexibility index (Phi) is 3.65. The molecule has 0 N–H and O–H groups in total. The van der Waals surface area contributed by atoms with Crippen molar-refractivity contribution in [2.45, 2.75) is 57.7 Å². The summed E-state index contributed by atoms with van der Waals surface area (Å²) in [7, 11) is 0. The zero-order chi connectivity index (χ0) is 17.7. The summed E-state index contributed by atoms with van der Waals surface area (Å²) in [6, 6.07) is 4.07. The maximum absolute atomic E-state index is 12.8. The van der Waals surface area contributed by atoms with Gasteiger partial charge in [-0.1, -0.05) is 6.07 Å². The zero-order valence-corrected chi connectivity index (χ0v) is 14.9. The third-order valence-corrected chi connectivity index (χ3v) is 5.48. The summed E-state index contributed by atoms with van der Waals surface area (Å²) >= 11 is 0. The maximum atomic E-state index is 12.8. The van der Waals surface area contributed by atoms with Crippen molar-refractivity contribution in [3.8, 4) is 5.88 Å². The van der Waals surface area contributed by atoms with Crippen molar-refractivity contribution in [1.29, 1.82) is 0 Å². The van der Waals surface area contributed by atoms with Crippen LogP contribution in [-0.2, 0) is 17.9 Å². The van der Waals surface area contributed by atoms with Crippen LogP contribution in [0.2, 0.25) is 0 Å². The highest BCUT2D eigenvalue weighted by atomic mass is 16.5. The third-order valence-electron chi connectivity index (χ3n) is 5.48. The first-order chi connectivity index (χ1) is 12.7. The summed E-state index contributed by atoms with van der Waals surface area (Å²) in [6.07, 6.45) is 7.87. The second kappa shape index (κ2) is 6.04. The highest BCUT2D eigenvalue weighted by Gasteiger charge is 2.41. The van der Waals surface area contributed by atoms with Gasteiger partial charge in [-0.05, 0) is 49.7 Å². The van der Waals surface area contributed by atoms with Crippen molar-refractivity contribution >= 4 is 5.91 Å². The first-order valence-corrected chi connectivity index (χ1v) is 9.38. The first-order valence-electron chi connectivity index (χ1n) is 9.38. The van der Waals surface area contributed by atoms with Crippen molar-refractivity contribution in [3.63, 3.8) is 0 Å². The second-order valence-corrected chi connectivity index (χ2v) is 7.66. The minimum atomic E-state index is 0.203. The first kappa shape index (κ1) is 15.7. The number of carbonyl (C=O) groups is 1. The van der Waals surface area contributed by atoms with Crippen LogP contribution in [0.15, 0.2) is 24.5 Å². The Bertz CT molecular complexity index is 850. The molecule has 0 saturated heterocycles. The van der Waals surface area contributed by atoms with Gasteiger partial charge in [-0.15, -0.1) is 0 Å². The lowest BCUT2D eigenvalue weighted by Crippen LogP contribution is -2.25. The lowest BCUT2D eigenvalue weighted by atomic mass is 10.1. The summed E-state index contributed by atoms with van der Waals surface area (Å²) in [4.78, 5) is 27.9. The molecule has 6 heteroatoms. The van der Waals surface area contributed by atoms with E-state index in [-0.39, 0.29) is 5.91 Å². The topological polar surface area (TPSA) is 68.2 Å². The van der Waals surface area contributed by atoms with E-state index in [0.29, 0.717) is 49.2 Å². The van der Waals surface area contributed by atoms with Crippen molar-refractivity contribution in [1.82, 2.24) is 19.9 Å². The Morgan fingerprint density at radius 3 is 2.96 bits per heavy atom. The summed E-state index contributed by atoms with van der Waals surface area (Å²) in [5.74, 6) is 2.52. The highest BCUT2D eigenvalue weighted by molar-refractivity contribution is 5.77. The third kappa shape index (κ3) is 3.04. The largest absolute Gasteiger partial charge is 0.474 e. The predicted octanol–water partition coefficient (Wildman–Crippen LogP) is 2.76. The average molecular weight is 350 g/mol. The molecule has 5 rings (SSSR count). The lowest BCUT2D eigenvalue weighted by Gasteiger charge is -2.15. The fourth-order valence-electron chi connectivity index (χ4n) is 3.79. The molecular weight excluding hydrogens is 328 g/mol. The summed E-state index contributed by atoms with van der Waals surface area (Å²) in [5, 5.41) is 0. The molecule has 2 saturated carbocycles. The molecular formula is C20H22N4O2. The van der Waals surface area contributed by atoms with Gasteiger partial charge in [-0.25, -0.2) is 4.98 Å². The minimum Gasteiger partial charge on any atom is -0.474 e. The SMILES string of the molecule is Cc1nc2c(c(OC3CC3)n1)CN(C(=O)CC1CC1c1cccnc1)C2. The normalized spacial score (nSPS) is 23.7. The molecule has 0 spiro atoms. The van der Waals surface area contributed by atoms with Gasteiger partial charge in [-0.3, -0.25) is 9.78 Å². The van der Waals surface area contributed by atoms with Gasteiger partial charge in [0.05, 0.1) is 24.3 Å². The molecule has 2 aliphatic carbocycles. The molecule has 2 aromatic heterocycles. The number of nitrogens with zero attached hydrogens (tertiary/aromatic N) is 4. The monoisotopic (exact) mass is 350 g/mol. The van der Waals surface area contributed by atoms with Gasteiger partial charge in [0.15, 0.2) is 0 Å². The number of aromatic nitrogens is 3. The number of carbonyl (C=O) groups excluding carboxylic acids is 1. The van der Waals surface area contributed by atoms with Crippen LogP contribution in [-0.4, -0.2) is 31.9 Å². The number of rotatable bonds is 5. The molecule has 1 amide bonds. The van der Waals surface area contributed by atoms with E-state index < -0.39 is 0 Å². The van der Waals surface area contributed by atoms with Gasteiger partial charge >= 0.3 is 0 Å². The fourth-order valence-corrected chi connectivity index (χ4v) is 3.79. The Balaban J connectivity index is 1.25. The quantitative estimate of drug-likeness (QED) is 0.829. The van der Waals surface area contributed by atoms with Crippen LogP contribution in [0.1, 0.15) is 54.2 Å². The lowest BCUT2D eigenvalue weighted by molar-refractivity contribution is -0.132. The molecule has 3 aliphatic rings. The van der Waals surface area contributed by atoms with Crippen LogP contribution in [0.3, 0.4) is 0 Å². The summed E-state index contributed by atoms with van der Waals surface area (Å²) in [5.41, 5.74) is 3.19. The maximum Gasteiger partial charge on any atom is 0.223 e. The van der Waals surface area contributed by atoms with Gasteiger partial charge in [0, 0.05) is 18.8 Å².